The average molecular weight is 276 g/mol. The predicted octanol–water partition coefficient (Wildman–Crippen LogP) is 3.63. The van der Waals surface area contributed by atoms with Gasteiger partial charge in [0.15, 0.2) is 0 Å². The molecule has 2 atom stereocenters. The third kappa shape index (κ3) is 2.56. The van der Waals surface area contributed by atoms with Crippen LogP contribution >= 0.6 is 0 Å². The van der Waals surface area contributed by atoms with Crippen molar-refractivity contribution in [3.8, 4) is 0 Å². The molecule has 2 bridgehead atoms. The highest BCUT2D eigenvalue weighted by Gasteiger charge is 2.38. The standard InChI is InChI=1S/C17H25FN2/c1-3-19-13-10-14-5-4-6-15(11-13)20(14)17-9-12(2)7-8-16(17)18/h7-9,13-15,19H,3-6,10-11H2,1-2H3. The third-order valence-corrected chi connectivity index (χ3v) is 4.85. The van der Waals surface area contributed by atoms with E-state index >= 15 is 0 Å². The summed E-state index contributed by atoms with van der Waals surface area (Å²) in [4.78, 5) is 2.39. The lowest BCUT2D eigenvalue weighted by atomic mass is 9.81. The quantitative estimate of drug-likeness (QED) is 0.907. The molecule has 0 aromatic heterocycles. The van der Waals surface area contributed by atoms with Crippen LogP contribution in [0.25, 0.3) is 0 Å². The van der Waals surface area contributed by atoms with Gasteiger partial charge in [-0.3, -0.25) is 0 Å². The fourth-order valence-electron chi connectivity index (χ4n) is 4.05. The first-order valence-corrected chi connectivity index (χ1v) is 7.97. The van der Waals surface area contributed by atoms with Crippen LogP contribution in [0.3, 0.4) is 0 Å². The Bertz CT molecular complexity index is 460. The van der Waals surface area contributed by atoms with Gasteiger partial charge in [0, 0.05) is 18.1 Å². The van der Waals surface area contributed by atoms with Gasteiger partial charge in [-0.25, -0.2) is 4.39 Å². The number of hydrogen-bond donors (Lipinski definition) is 1. The van der Waals surface area contributed by atoms with Crippen molar-refractivity contribution in [2.24, 2.45) is 0 Å². The Balaban J connectivity index is 1.88. The molecule has 2 heterocycles. The Morgan fingerprint density at radius 2 is 1.95 bits per heavy atom. The largest absolute Gasteiger partial charge is 0.363 e. The average Bonchev–Trinajstić information content (AvgIpc) is 2.41. The first kappa shape index (κ1) is 13.9. The zero-order valence-electron chi connectivity index (χ0n) is 12.5. The number of nitrogens with zero attached hydrogens (tertiary/aromatic N) is 1. The molecule has 2 aliphatic heterocycles. The molecule has 2 fully saturated rings. The van der Waals surface area contributed by atoms with Crippen LogP contribution in [0.5, 0.6) is 0 Å². The van der Waals surface area contributed by atoms with Crippen LogP contribution in [-0.4, -0.2) is 24.7 Å². The van der Waals surface area contributed by atoms with E-state index in [0.717, 1.165) is 30.6 Å². The smallest absolute Gasteiger partial charge is 0.146 e. The molecule has 3 heteroatoms. The van der Waals surface area contributed by atoms with E-state index in [4.69, 9.17) is 0 Å². The number of piperidine rings is 2. The number of aryl methyl sites for hydroxylation is 1. The second kappa shape index (κ2) is 5.72. The van der Waals surface area contributed by atoms with Crippen LogP contribution in [0.15, 0.2) is 18.2 Å². The van der Waals surface area contributed by atoms with Crippen LogP contribution in [0.1, 0.15) is 44.6 Å². The molecule has 0 amide bonds. The molecule has 2 nitrogen and oxygen atoms in total. The minimum atomic E-state index is -0.0607. The molecule has 0 saturated carbocycles. The molecule has 1 N–H and O–H groups in total. The van der Waals surface area contributed by atoms with E-state index in [2.05, 4.69) is 17.1 Å². The first-order valence-electron chi connectivity index (χ1n) is 7.97. The molecule has 20 heavy (non-hydrogen) atoms. The molecule has 1 aromatic rings. The molecule has 3 rings (SSSR count). The number of hydrogen-bond acceptors (Lipinski definition) is 2. The van der Waals surface area contributed by atoms with Gasteiger partial charge < -0.3 is 10.2 Å². The summed E-state index contributed by atoms with van der Waals surface area (Å²) in [6.07, 6.45) is 5.99. The number of nitrogens with one attached hydrogen (secondary N) is 1. The van der Waals surface area contributed by atoms with Crippen molar-refractivity contribution in [2.75, 3.05) is 11.4 Å². The minimum absolute atomic E-state index is 0.0607. The maximum absolute atomic E-state index is 14.2. The maximum atomic E-state index is 14.2. The fourth-order valence-corrected chi connectivity index (χ4v) is 4.05. The number of fused-ring (bicyclic) bond motifs is 2. The lowest BCUT2D eigenvalue weighted by Crippen LogP contribution is -2.56. The van der Waals surface area contributed by atoms with Crippen molar-refractivity contribution >= 4 is 5.69 Å². The molecule has 0 spiro atoms. The minimum Gasteiger partial charge on any atom is -0.363 e. The lowest BCUT2D eigenvalue weighted by molar-refractivity contribution is 0.246. The zero-order chi connectivity index (χ0) is 14.1. The molecule has 0 aliphatic carbocycles. The van der Waals surface area contributed by atoms with E-state index in [1.807, 2.05) is 19.1 Å². The molecular weight excluding hydrogens is 251 g/mol. The van der Waals surface area contributed by atoms with Crippen molar-refractivity contribution < 1.29 is 4.39 Å². The van der Waals surface area contributed by atoms with E-state index in [0.29, 0.717) is 18.1 Å². The molecule has 1 aromatic carbocycles. The van der Waals surface area contributed by atoms with Crippen molar-refractivity contribution in [2.45, 2.75) is 64.1 Å². The van der Waals surface area contributed by atoms with Gasteiger partial charge in [0.2, 0.25) is 0 Å². The van der Waals surface area contributed by atoms with Gasteiger partial charge in [0.05, 0.1) is 5.69 Å². The Labute approximate surface area is 121 Å². The number of rotatable bonds is 3. The number of benzene rings is 1. The Kier molecular flexibility index (Phi) is 3.97. The number of halogens is 1. The van der Waals surface area contributed by atoms with Crippen LogP contribution in [-0.2, 0) is 0 Å². The van der Waals surface area contributed by atoms with Crippen molar-refractivity contribution in [1.29, 1.82) is 0 Å². The molecule has 2 saturated heterocycles. The van der Waals surface area contributed by atoms with E-state index < -0.39 is 0 Å². The SMILES string of the molecule is CCNC1CC2CCCC(C1)N2c1cc(C)ccc1F. The highest BCUT2D eigenvalue weighted by atomic mass is 19.1. The van der Waals surface area contributed by atoms with E-state index in [1.54, 1.807) is 6.07 Å². The summed E-state index contributed by atoms with van der Waals surface area (Å²) in [6, 6.07) is 7.12. The van der Waals surface area contributed by atoms with Gasteiger partial charge in [-0.2, -0.15) is 0 Å². The molecule has 110 valence electrons. The summed E-state index contributed by atoms with van der Waals surface area (Å²) >= 11 is 0. The van der Waals surface area contributed by atoms with Crippen LogP contribution in [0.2, 0.25) is 0 Å². The van der Waals surface area contributed by atoms with E-state index in [9.17, 15) is 4.39 Å². The fraction of sp³-hybridized carbons (Fsp3) is 0.647. The van der Waals surface area contributed by atoms with E-state index in [1.165, 1.54) is 19.3 Å². The summed E-state index contributed by atoms with van der Waals surface area (Å²) in [6.45, 7) is 5.25. The van der Waals surface area contributed by atoms with Gasteiger partial charge in [-0.1, -0.05) is 13.0 Å². The predicted molar refractivity (Wildman–Crippen MR) is 81.7 cm³/mol. The van der Waals surface area contributed by atoms with Crippen molar-refractivity contribution in [3.05, 3.63) is 29.6 Å². The van der Waals surface area contributed by atoms with Gasteiger partial charge >= 0.3 is 0 Å². The second-order valence-electron chi connectivity index (χ2n) is 6.33. The Hall–Kier alpha value is -1.09. The zero-order valence-corrected chi connectivity index (χ0v) is 12.5. The Morgan fingerprint density at radius 3 is 2.60 bits per heavy atom. The normalized spacial score (nSPS) is 29.6. The van der Waals surface area contributed by atoms with Gasteiger partial charge in [-0.15, -0.1) is 0 Å². The number of anilines is 1. The first-order chi connectivity index (χ1) is 9.69. The summed E-state index contributed by atoms with van der Waals surface area (Å²) in [7, 11) is 0. The van der Waals surface area contributed by atoms with E-state index in [-0.39, 0.29) is 5.82 Å². The van der Waals surface area contributed by atoms with Crippen molar-refractivity contribution in [3.63, 3.8) is 0 Å². The monoisotopic (exact) mass is 276 g/mol. The molecule has 0 radical (unpaired) electrons. The third-order valence-electron chi connectivity index (χ3n) is 4.85. The van der Waals surface area contributed by atoms with Gasteiger partial charge in [0.25, 0.3) is 0 Å². The molecule has 2 aliphatic rings. The molecular formula is C17H25FN2. The van der Waals surface area contributed by atoms with Crippen LogP contribution < -0.4 is 10.2 Å². The van der Waals surface area contributed by atoms with Crippen LogP contribution in [0.4, 0.5) is 10.1 Å². The summed E-state index contributed by atoms with van der Waals surface area (Å²) in [5.74, 6) is -0.0607. The topological polar surface area (TPSA) is 15.3 Å². The van der Waals surface area contributed by atoms with Gasteiger partial charge in [0.1, 0.15) is 5.82 Å². The summed E-state index contributed by atoms with van der Waals surface area (Å²) in [5.41, 5.74) is 1.97. The second-order valence-corrected chi connectivity index (χ2v) is 6.33. The highest BCUT2D eigenvalue weighted by molar-refractivity contribution is 5.53. The van der Waals surface area contributed by atoms with Crippen molar-refractivity contribution in [1.82, 2.24) is 5.32 Å². The molecule has 2 unspecified atom stereocenters. The summed E-state index contributed by atoms with van der Waals surface area (Å²) < 4.78 is 14.2. The maximum Gasteiger partial charge on any atom is 0.146 e. The lowest BCUT2D eigenvalue weighted by Gasteiger charge is -2.50. The van der Waals surface area contributed by atoms with Gasteiger partial charge in [-0.05, 0) is 63.3 Å². The Morgan fingerprint density at radius 1 is 1.25 bits per heavy atom. The van der Waals surface area contributed by atoms with Crippen LogP contribution in [0, 0.1) is 12.7 Å². The highest BCUT2D eigenvalue weighted by Crippen LogP contribution is 2.39. The summed E-state index contributed by atoms with van der Waals surface area (Å²) in [5, 5.41) is 3.59.